The summed E-state index contributed by atoms with van der Waals surface area (Å²) in [6.07, 6.45) is 3.35. The van der Waals surface area contributed by atoms with Crippen LogP contribution < -0.4 is 14.9 Å². The van der Waals surface area contributed by atoms with Crippen molar-refractivity contribution in [1.29, 1.82) is 0 Å². The summed E-state index contributed by atoms with van der Waals surface area (Å²) in [7, 11) is -0.180. The van der Waals surface area contributed by atoms with Crippen LogP contribution in [0.4, 0.5) is 0 Å². The van der Waals surface area contributed by atoms with Gasteiger partial charge in [0, 0.05) is 22.5 Å². The van der Waals surface area contributed by atoms with E-state index in [0.717, 1.165) is 35.9 Å². The van der Waals surface area contributed by atoms with Gasteiger partial charge in [-0.1, -0.05) is 18.2 Å². The number of benzene rings is 2. The Balaban J connectivity index is 1.68. The third-order valence-electron chi connectivity index (χ3n) is 5.83. The summed E-state index contributed by atoms with van der Waals surface area (Å²) in [4.78, 5) is 12.0. The molecule has 9 heteroatoms. The molecular formula is C23H27BN2O6. The lowest BCUT2D eigenvalue weighted by atomic mass is 9.79. The Hall–Kier alpha value is -3.04. The molecule has 0 saturated heterocycles. The van der Waals surface area contributed by atoms with Gasteiger partial charge in [0.1, 0.15) is 18.1 Å². The first-order valence-corrected chi connectivity index (χ1v) is 10.8. The van der Waals surface area contributed by atoms with Crippen LogP contribution >= 0.6 is 0 Å². The highest BCUT2D eigenvalue weighted by atomic mass is 16.5. The van der Waals surface area contributed by atoms with Crippen molar-refractivity contribution in [3.05, 3.63) is 47.7 Å². The van der Waals surface area contributed by atoms with E-state index >= 15 is 0 Å². The topological polar surface area (TPSA) is 103 Å². The quantitative estimate of drug-likeness (QED) is 0.390. The summed E-state index contributed by atoms with van der Waals surface area (Å²) in [5.74, 6) is 0.672. The van der Waals surface area contributed by atoms with E-state index in [-0.39, 0.29) is 30.5 Å². The zero-order valence-electron chi connectivity index (χ0n) is 18.3. The van der Waals surface area contributed by atoms with Crippen LogP contribution in [0.25, 0.3) is 10.9 Å². The van der Waals surface area contributed by atoms with Crippen molar-refractivity contribution in [3.63, 3.8) is 0 Å². The number of aromatic nitrogens is 2. The van der Waals surface area contributed by atoms with Crippen molar-refractivity contribution in [3.8, 4) is 11.5 Å². The maximum absolute atomic E-state index is 12.0. The van der Waals surface area contributed by atoms with Gasteiger partial charge in [0.05, 0.1) is 37.4 Å². The van der Waals surface area contributed by atoms with Crippen LogP contribution in [0.15, 0.2) is 36.4 Å². The van der Waals surface area contributed by atoms with Gasteiger partial charge in [-0.3, -0.25) is 9.48 Å². The van der Waals surface area contributed by atoms with E-state index in [1.54, 1.807) is 19.1 Å². The second-order valence-corrected chi connectivity index (χ2v) is 7.84. The Morgan fingerprint density at radius 2 is 2.00 bits per heavy atom. The van der Waals surface area contributed by atoms with Gasteiger partial charge in [-0.15, -0.1) is 0 Å². The molecule has 0 atom stereocenters. The highest BCUT2D eigenvalue weighted by Gasteiger charge is 2.27. The minimum Gasteiger partial charge on any atom is -0.497 e. The van der Waals surface area contributed by atoms with Gasteiger partial charge in [0.15, 0.2) is 0 Å². The minimum atomic E-state index is -1.67. The summed E-state index contributed by atoms with van der Waals surface area (Å²) in [5, 5.41) is 25.2. The summed E-state index contributed by atoms with van der Waals surface area (Å²) in [6.45, 7) is 2.33. The van der Waals surface area contributed by atoms with E-state index < -0.39 is 7.12 Å². The molecule has 1 aliphatic carbocycles. The molecule has 1 fully saturated rings. The number of carbonyl (C=O) groups is 1. The van der Waals surface area contributed by atoms with Crippen molar-refractivity contribution >= 4 is 29.5 Å². The van der Waals surface area contributed by atoms with E-state index in [1.807, 2.05) is 28.9 Å². The zero-order valence-corrected chi connectivity index (χ0v) is 18.3. The van der Waals surface area contributed by atoms with Crippen LogP contribution in [-0.2, 0) is 22.6 Å². The zero-order chi connectivity index (χ0) is 22.7. The number of carbonyl (C=O) groups excluding carboxylic acids is 1. The number of rotatable bonds is 9. The Morgan fingerprint density at radius 3 is 2.66 bits per heavy atom. The van der Waals surface area contributed by atoms with E-state index in [4.69, 9.17) is 19.3 Å². The fourth-order valence-corrected chi connectivity index (χ4v) is 3.96. The molecule has 0 aliphatic heterocycles. The average Bonchev–Trinajstić information content (AvgIpc) is 3.07. The number of methoxy groups -OCH3 is 1. The highest BCUT2D eigenvalue weighted by molar-refractivity contribution is 6.60. The largest absolute Gasteiger partial charge is 0.497 e. The summed E-state index contributed by atoms with van der Waals surface area (Å²) in [5.41, 5.74) is 2.58. The van der Waals surface area contributed by atoms with Crippen molar-refractivity contribution in [2.75, 3.05) is 13.7 Å². The van der Waals surface area contributed by atoms with Crippen LogP contribution in [0.1, 0.15) is 43.5 Å². The van der Waals surface area contributed by atoms with E-state index in [1.165, 1.54) is 7.11 Å². The molecule has 0 unspecified atom stereocenters. The maximum Gasteiger partial charge on any atom is 0.492 e. The molecular weight excluding hydrogens is 411 g/mol. The number of para-hydroxylation sites is 1. The fourth-order valence-electron chi connectivity index (χ4n) is 3.96. The molecule has 4 rings (SSSR count). The predicted octanol–water partition coefficient (Wildman–Crippen LogP) is 2.13. The van der Waals surface area contributed by atoms with Crippen molar-refractivity contribution < 1.29 is 29.1 Å². The number of esters is 1. The molecule has 2 aromatic carbocycles. The second kappa shape index (κ2) is 9.62. The van der Waals surface area contributed by atoms with Gasteiger partial charge in [0.2, 0.25) is 0 Å². The van der Waals surface area contributed by atoms with E-state index in [2.05, 4.69) is 0 Å². The van der Waals surface area contributed by atoms with Crippen molar-refractivity contribution in [2.24, 2.45) is 0 Å². The molecule has 168 valence electrons. The first-order valence-electron chi connectivity index (χ1n) is 10.8. The Bertz CT molecular complexity index is 1110. The normalized spacial score (nSPS) is 13.6. The Kier molecular flexibility index (Phi) is 6.67. The van der Waals surface area contributed by atoms with Crippen molar-refractivity contribution in [1.82, 2.24) is 9.78 Å². The highest BCUT2D eigenvalue weighted by Crippen LogP contribution is 2.35. The van der Waals surface area contributed by atoms with Gasteiger partial charge in [0.25, 0.3) is 0 Å². The molecule has 1 saturated carbocycles. The number of ether oxygens (including phenoxy) is 3. The van der Waals surface area contributed by atoms with Crippen LogP contribution in [0.5, 0.6) is 11.5 Å². The summed E-state index contributed by atoms with van der Waals surface area (Å²) < 4.78 is 18.5. The average molecular weight is 438 g/mol. The molecule has 0 amide bonds. The van der Waals surface area contributed by atoms with Gasteiger partial charge >= 0.3 is 13.1 Å². The van der Waals surface area contributed by atoms with Gasteiger partial charge in [-0.25, -0.2) is 0 Å². The van der Waals surface area contributed by atoms with Gasteiger partial charge in [-0.2, -0.15) is 5.10 Å². The predicted molar refractivity (Wildman–Crippen MR) is 120 cm³/mol. The van der Waals surface area contributed by atoms with Crippen LogP contribution in [0, 0.1) is 0 Å². The lowest BCUT2D eigenvalue weighted by Gasteiger charge is -2.27. The van der Waals surface area contributed by atoms with Crippen LogP contribution in [0.3, 0.4) is 0 Å². The lowest BCUT2D eigenvalue weighted by molar-refractivity contribution is -0.142. The number of fused-ring (bicyclic) bond motifs is 1. The second-order valence-electron chi connectivity index (χ2n) is 7.84. The molecule has 1 heterocycles. The fraction of sp³-hybridized carbons (Fsp3) is 0.391. The van der Waals surface area contributed by atoms with E-state index in [0.29, 0.717) is 23.6 Å². The summed E-state index contributed by atoms with van der Waals surface area (Å²) in [6, 6.07) is 11.1. The van der Waals surface area contributed by atoms with Crippen LogP contribution in [-0.4, -0.2) is 46.6 Å². The molecule has 1 aliphatic rings. The number of hydrogen-bond acceptors (Lipinski definition) is 7. The molecule has 0 spiro atoms. The van der Waals surface area contributed by atoms with Gasteiger partial charge in [-0.05, 0) is 38.3 Å². The third-order valence-corrected chi connectivity index (χ3v) is 5.83. The smallest absolute Gasteiger partial charge is 0.492 e. The van der Waals surface area contributed by atoms with Gasteiger partial charge < -0.3 is 24.3 Å². The molecule has 32 heavy (non-hydrogen) atoms. The molecule has 2 N–H and O–H groups in total. The first-order chi connectivity index (χ1) is 15.5. The lowest BCUT2D eigenvalue weighted by Crippen LogP contribution is -2.31. The molecule has 0 bridgehead atoms. The Labute approximate surface area is 186 Å². The molecule has 8 nitrogen and oxygen atoms in total. The number of hydrogen-bond donors (Lipinski definition) is 2. The summed E-state index contributed by atoms with van der Waals surface area (Å²) >= 11 is 0. The molecule has 1 aromatic heterocycles. The molecule has 0 radical (unpaired) electrons. The number of nitrogens with zero attached hydrogens (tertiary/aromatic N) is 2. The third kappa shape index (κ3) is 4.44. The first kappa shape index (κ1) is 22.2. The SMILES string of the molecule is CCOC(=O)Cc1ccccc1OCc1c2cc(B(O)O)c(OC)cc2nn1C1CCC1. The van der Waals surface area contributed by atoms with Crippen LogP contribution in [0.2, 0.25) is 0 Å². The standard InChI is InChI=1S/C23H27BN2O6/c1-3-31-23(27)11-15-7-4-5-10-21(15)32-14-20-17-12-18(24(28)29)22(30-2)13-19(17)25-26(20)16-8-6-9-16/h4-5,7,10,12-13,16,28-29H,3,6,8-9,11,14H2,1-2H3. The molecule has 3 aromatic rings. The van der Waals surface area contributed by atoms with Crippen molar-refractivity contribution in [2.45, 2.75) is 45.3 Å². The minimum absolute atomic E-state index is 0.130. The monoisotopic (exact) mass is 438 g/mol. The Morgan fingerprint density at radius 1 is 1.22 bits per heavy atom. The van der Waals surface area contributed by atoms with E-state index in [9.17, 15) is 14.8 Å². The maximum atomic E-state index is 12.0.